The van der Waals surface area contributed by atoms with Crippen LogP contribution in [0.5, 0.6) is 0 Å². The fourth-order valence-corrected chi connectivity index (χ4v) is 2.61. The van der Waals surface area contributed by atoms with Crippen molar-refractivity contribution in [2.24, 2.45) is 5.92 Å². The van der Waals surface area contributed by atoms with Crippen LogP contribution in [0.25, 0.3) is 0 Å². The molecule has 1 saturated heterocycles. The van der Waals surface area contributed by atoms with Gasteiger partial charge in [-0.2, -0.15) is 5.26 Å². The van der Waals surface area contributed by atoms with Crippen LogP contribution in [0, 0.1) is 23.1 Å². The number of hydrogen-bond acceptors (Lipinski definition) is 2. The van der Waals surface area contributed by atoms with Crippen molar-refractivity contribution in [3.8, 4) is 6.07 Å². The van der Waals surface area contributed by atoms with Crippen molar-refractivity contribution in [1.82, 2.24) is 4.90 Å². The average molecular weight is 232 g/mol. The summed E-state index contributed by atoms with van der Waals surface area (Å²) in [7, 11) is 0. The van der Waals surface area contributed by atoms with Crippen LogP contribution in [0.15, 0.2) is 18.2 Å². The minimum absolute atomic E-state index is 0.141. The van der Waals surface area contributed by atoms with Crippen LogP contribution < -0.4 is 0 Å². The molecule has 0 N–H and O–H groups in total. The molecule has 1 heterocycles. The van der Waals surface area contributed by atoms with E-state index in [0.29, 0.717) is 24.1 Å². The third-order valence-corrected chi connectivity index (χ3v) is 3.49. The Balaban J connectivity index is 2.17. The Labute approximate surface area is 102 Å². The molecule has 2 nitrogen and oxygen atoms in total. The summed E-state index contributed by atoms with van der Waals surface area (Å²) in [6.45, 7) is 6.01. The number of rotatable bonds is 2. The van der Waals surface area contributed by atoms with E-state index in [4.69, 9.17) is 5.26 Å². The molecule has 1 aromatic rings. The summed E-state index contributed by atoms with van der Waals surface area (Å²) in [5, 5.41) is 8.79. The Hall–Kier alpha value is -1.40. The van der Waals surface area contributed by atoms with Gasteiger partial charge in [0.25, 0.3) is 0 Å². The van der Waals surface area contributed by atoms with Gasteiger partial charge in [0.2, 0.25) is 0 Å². The lowest BCUT2D eigenvalue weighted by molar-refractivity contribution is 0.253. The zero-order chi connectivity index (χ0) is 12.4. The lowest BCUT2D eigenvalue weighted by Crippen LogP contribution is -2.27. The average Bonchev–Trinajstić information content (AvgIpc) is 2.60. The molecule has 1 fully saturated rings. The van der Waals surface area contributed by atoms with Gasteiger partial charge in [0.05, 0.1) is 5.56 Å². The van der Waals surface area contributed by atoms with Crippen molar-refractivity contribution in [3.63, 3.8) is 0 Å². The van der Waals surface area contributed by atoms with E-state index in [2.05, 4.69) is 18.7 Å². The smallest absolute Gasteiger partial charge is 0.145 e. The van der Waals surface area contributed by atoms with Gasteiger partial charge in [0, 0.05) is 24.7 Å². The highest BCUT2D eigenvalue weighted by Gasteiger charge is 2.26. The monoisotopic (exact) mass is 232 g/mol. The minimum atomic E-state index is -0.359. The molecule has 3 heteroatoms. The molecule has 0 saturated carbocycles. The second kappa shape index (κ2) is 4.85. The van der Waals surface area contributed by atoms with Gasteiger partial charge in [-0.3, -0.25) is 4.90 Å². The largest absolute Gasteiger partial charge is 0.296 e. The molecule has 90 valence electrons. The highest BCUT2D eigenvalue weighted by molar-refractivity contribution is 5.34. The number of likely N-dealkylation sites (tertiary alicyclic amines) is 1. The summed E-state index contributed by atoms with van der Waals surface area (Å²) in [5.74, 6) is 0.314. The molecular formula is C14H17FN2. The fourth-order valence-electron chi connectivity index (χ4n) is 2.61. The molecule has 2 atom stereocenters. The topological polar surface area (TPSA) is 27.0 Å². The van der Waals surface area contributed by atoms with Crippen molar-refractivity contribution in [2.45, 2.75) is 32.9 Å². The van der Waals surface area contributed by atoms with Crippen LogP contribution in [0.4, 0.5) is 4.39 Å². The van der Waals surface area contributed by atoms with E-state index in [1.165, 1.54) is 12.5 Å². The number of nitriles is 1. The summed E-state index contributed by atoms with van der Waals surface area (Å²) in [6, 6.07) is 7.43. The van der Waals surface area contributed by atoms with Gasteiger partial charge in [0.1, 0.15) is 11.9 Å². The van der Waals surface area contributed by atoms with E-state index in [-0.39, 0.29) is 11.4 Å². The quantitative estimate of drug-likeness (QED) is 0.784. The van der Waals surface area contributed by atoms with E-state index in [0.717, 1.165) is 6.54 Å². The summed E-state index contributed by atoms with van der Waals surface area (Å²) in [6.07, 6.45) is 1.17. The molecule has 1 aliphatic heterocycles. The SMILES string of the molecule is CC1CC(C)N(Cc2cccc(C#N)c2F)C1. The van der Waals surface area contributed by atoms with Gasteiger partial charge in [0.15, 0.2) is 0 Å². The third kappa shape index (κ3) is 2.48. The van der Waals surface area contributed by atoms with E-state index in [1.807, 2.05) is 6.07 Å². The summed E-state index contributed by atoms with van der Waals surface area (Å²) >= 11 is 0. The van der Waals surface area contributed by atoms with Gasteiger partial charge in [-0.05, 0) is 25.3 Å². The Morgan fingerprint density at radius 1 is 1.47 bits per heavy atom. The normalized spacial score (nSPS) is 24.8. The number of benzene rings is 1. The molecule has 2 unspecified atom stereocenters. The second-order valence-corrected chi connectivity index (χ2v) is 5.01. The van der Waals surface area contributed by atoms with E-state index in [9.17, 15) is 4.39 Å². The van der Waals surface area contributed by atoms with Crippen molar-refractivity contribution < 1.29 is 4.39 Å². The molecular weight excluding hydrogens is 215 g/mol. The van der Waals surface area contributed by atoms with Gasteiger partial charge in [-0.1, -0.05) is 19.1 Å². The number of hydrogen-bond donors (Lipinski definition) is 0. The van der Waals surface area contributed by atoms with Crippen molar-refractivity contribution in [1.29, 1.82) is 5.26 Å². The Bertz CT molecular complexity index is 450. The maximum absolute atomic E-state index is 13.9. The van der Waals surface area contributed by atoms with Gasteiger partial charge in [-0.15, -0.1) is 0 Å². The molecule has 0 bridgehead atoms. The van der Waals surface area contributed by atoms with Gasteiger partial charge in [-0.25, -0.2) is 4.39 Å². The van der Waals surface area contributed by atoms with Crippen molar-refractivity contribution in [2.75, 3.05) is 6.54 Å². The zero-order valence-electron chi connectivity index (χ0n) is 10.3. The standard InChI is InChI=1S/C14H17FN2/c1-10-6-11(2)17(8-10)9-13-5-3-4-12(7-16)14(13)15/h3-5,10-11H,6,8-9H2,1-2H3. The van der Waals surface area contributed by atoms with Crippen LogP contribution in [0.3, 0.4) is 0 Å². The van der Waals surface area contributed by atoms with Crippen LogP contribution in [0.1, 0.15) is 31.4 Å². The van der Waals surface area contributed by atoms with Gasteiger partial charge >= 0.3 is 0 Å². The predicted octanol–water partition coefficient (Wildman–Crippen LogP) is 2.93. The molecule has 17 heavy (non-hydrogen) atoms. The molecule has 0 amide bonds. The summed E-state index contributed by atoms with van der Waals surface area (Å²) in [4.78, 5) is 2.28. The summed E-state index contributed by atoms with van der Waals surface area (Å²) in [5.41, 5.74) is 0.771. The fraction of sp³-hybridized carbons (Fsp3) is 0.500. The Morgan fingerprint density at radius 2 is 2.24 bits per heavy atom. The van der Waals surface area contributed by atoms with E-state index < -0.39 is 0 Å². The first-order valence-corrected chi connectivity index (χ1v) is 6.03. The first-order valence-electron chi connectivity index (χ1n) is 6.03. The minimum Gasteiger partial charge on any atom is -0.296 e. The lowest BCUT2D eigenvalue weighted by Gasteiger charge is -2.21. The molecule has 0 radical (unpaired) electrons. The molecule has 0 aromatic heterocycles. The van der Waals surface area contributed by atoms with E-state index >= 15 is 0 Å². The van der Waals surface area contributed by atoms with Crippen molar-refractivity contribution >= 4 is 0 Å². The molecule has 0 aliphatic carbocycles. The zero-order valence-corrected chi connectivity index (χ0v) is 10.3. The molecule has 1 aromatic carbocycles. The second-order valence-electron chi connectivity index (χ2n) is 5.01. The third-order valence-electron chi connectivity index (χ3n) is 3.49. The van der Waals surface area contributed by atoms with E-state index in [1.54, 1.807) is 12.1 Å². The van der Waals surface area contributed by atoms with Crippen molar-refractivity contribution in [3.05, 3.63) is 35.1 Å². The van der Waals surface area contributed by atoms with Crippen LogP contribution in [-0.2, 0) is 6.54 Å². The lowest BCUT2D eigenvalue weighted by atomic mass is 10.1. The molecule has 0 spiro atoms. The number of halogens is 1. The molecule has 1 aliphatic rings. The van der Waals surface area contributed by atoms with Gasteiger partial charge < -0.3 is 0 Å². The summed E-state index contributed by atoms with van der Waals surface area (Å²) < 4.78 is 13.9. The van der Waals surface area contributed by atoms with Crippen LogP contribution in [-0.4, -0.2) is 17.5 Å². The Kier molecular flexibility index (Phi) is 3.44. The maximum atomic E-state index is 13.9. The molecule has 2 rings (SSSR count). The maximum Gasteiger partial charge on any atom is 0.145 e. The Morgan fingerprint density at radius 3 is 2.82 bits per heavy atom. The first kappa shape index (κ1) is 12.1. The highest BCUT2D eigenvalue weighted by Crippen LogP contribution is 2.25. The number of nitrogens with zero attached hydrogens (tertiary/aromatic N) is 2. The van der Waals surface area contributed by atoms with Crippen LogP contribution >= 0.6 is 0 Å². The van der Waals surface area contributed by atoms with Crippen LogP contribution in [0.2, 0.25) is 0 Å². The predicted molar refractivity (Wildman–Crippen MR) is 64.8 cm³/mol. The first-order chi connectivity index (χ1) is 8.11. The highest BCUT2D eigenvalue weighted by atomic mass is 19.1.